The van der Waals surface area contributed by atoms with Crippen molar-refractivity contribution in [1.29, 1.82) is 0 Å². The number of amidine groups is 1. The van der Waals surface area contributed by atoms with Gasteiger partial charge >= 0.3 is 0 Å². The third kappa shape index (κ3) is 4.80. The molecule has 0 radical (unpaired) electrons. The Balaban J connectivity index is 1.22. The van der Waals surface area contributed by atoms with Crippen LogP contribution in [0.25, 0.3) is 55.4 Å². The van der Waals surface area contributed by atoms with Gasteiger partial charge in [0.25, 0.3) is 0 Å². The molecule has 2 aliphatic rings. The first-order valence-corrected chi connectivity index (χ1v) is 18.1. The Labute approximate surface area is 309 Å². The third-order valence-corrected chi connectivity index (χ3v) is 11.0. The summed E-state index contributed by atoms with van der Waals surface area (Å²) in [6.07, 6.45) is 0. The van der Waals surface area contributed by atoms with Crippen molar-refractivity contribution in [2.45, 2.75) is 5.41 Å². The minimum Gasteiger partial charge on any atom is -0.245 e. The van der Waals surface area contributed by atoms with Gasteiger partial charge in [0.1, 0.15) is 0 Å². The number of fused-ring (bicyclic) bond motifs is 8. The Bertz CT molecular complexity index is 2730. The van der Waals surface area contributed by atoms with Crippen molar-refractivity contribution in [3.63, 3.8) is 0 Å². The lowest BCUT2D eigenvalue weighted by Gasteiger charge is -2.33. The van der Waals surface area contributed by atoms with Crippen LogP contribution in [0.5, 0.6) is 0 Å². The Kier molecular flexibility index (Phi) is 7.23. The summed E-state index contributed by atoms with van der Waals surface area (Å²) in [4.78, 5) is 9.97. The van der Waals surface area contributed by atoms with Crippen molar-refractivity contribution >= 4 is 34.6 Å². The van der Waals surface area contributed by atoms with Gasteiger partial charge < -0.3 is 0 Å². The molecule has 0 amide bonds. The second-order valence-electron chi connectivity index (χ2n) is 13.8. The quantitative estimate of drug-likeness (QED) is 0.128. The molecule has 0 N–H and O–H groups in total. The van der Waals surface area contributed by atoms with E-state index in [9.17, 15) is 0 Å². The van der Waals surface area contributed by atoms with Gasteiger partial charge in [0.05, 0.1) is 11.1 Å². The van der Waals surface area contributed by atoms with Crippen molar-refractivity contribution in [3.05, 3.63) is 228 Å². The smallest absolute Gasteiger partial charge is 0.159 e. The molecule has 8 aromatic rings. The van der Waals surface area contributed by atoms with E-state index in [0.717, 1.165) is 33.5 Å². The van der Waals surface area contributed by atoms with Crippen LogP contribution in [0.1, 0.15) is 33.4 Å². The predicted molar refractivity (Wildman–Crippen MR) is 222 cm³/mol. The van der Waals surface area contributed by atoms with Crippen molar-refractivity contribution < 1.29 is 0 Å². The van der Waals surface area contributed by atoms with Crippen LogP contribution < -0.4 is 0 Å². The maximum absolute atomic E-state index is 5.46. The predicted octanol–water partition coefficient (Wildman–Crippen LogP) is 12.5. The van der Waals surface area contributed by atoms with Crippen LogP contribution in [0, 0.1) is 0 Å². The number of aliphatic imine (C=N–C) groups is 2. The molecule has 0 bridgehead atoms. The molecule has 0 atom stereocenters. The molecule has 0 fully saturated rings. The molecule has 2 nitrogen and oxygen atoms in total. The molecule has 0 heterocycles. The largest absolute Gasteiger partial charge is 0.245 e. The summed E-state index contributed by atoms with van der Waals surface area (Å²) in [5.41, 5.74) is 15.6. The lowest BCUT2D eigenvalue weighted by molar-refractivity contribution is 0.842. The summed E-state index contributed by atoms with van der Waals surface area (Å²) in [5, 5.41) is 2.50. The van der Waals surface area contributed by atoms with Gasteiger partial charge in [-0.25, -0.2) is 9.98 Å². The third-order valence-electron chi connectivity index (χ3n) is 11.0. The first kappa shape index (κ1) is 30.9. The molecule has 0 aromatic heterocycles. The minimum atomic E-state index is -0.604. The summed E-state index contributed by atoms with van der Waals surface area (Å²) >= 11 is 0. The average molecular weight is 675 g/mol. The number of nitrogens with zero attached hydrogens (tertiary/aromatic N) is 2. The van der Waals surface area contributed by atoms with Crippen LogP contribution in [0.4, 0.5) is 0 Å². The molecule has 2 aliphatic carbocycles. The first-order valence-electron chi connectivity index (χ1n) is 18.1. The van der Waals surface area contributed by atoms with Gasteiger partial charge in [-0.3, -0.25) is 0 Å². The van der Waals surface area contributed by atoms with Crippen LogP contribution in [0.15, 0.2) is 204 Å². The zero-order valence-electron chi connectivity index (χ0n) is 29.1. The van der Waals surface area contributed by atoms with E-state index in [4.69, 9.17) is 4.99 Å². The number of hydrogen-bond acceptors (Lipinski definition) is 1. The number of rotatable bonds is 5. The van der Waals surface area contributed by atoms with Gasteiger partial charge in [-0.05, 0) is 85.3 Å². The molecular formula is C51H34N2. The Hall–Kier alpha value is -6.90. The Morgan fingerprint density at radius 2 is 0.925 bits per heavy atom. The molecule has 0 saturated carbocycles. The van der Waals surface area contributed by atoms with E-state index in [2.05, 4.69) is 176 Å². The summed E-state index contributed by atoms with van der Waals surface area (Å²) in [5.74, 6) is 0.602. The maximum Gasteiger partial charge on any atom is 0.159 e. The van der Waals surface area contributed by atoms with Gasteiger partial charge in [-0.15, -0.1) is 0 Å². The summed E-state index contributed by atoms with van der Waals surface area (Å²) < 4.78 is 0. The van der Waals surface area contributed by atoms with E-state index in [1.807, 2.05) is 30.3 Å². The first-order chi connectivity index (χ1) is 26.2. The number of benzene rings is 8. The highest BCUT2D eigenvalue weighted by atomic mass is 14.9. The van der Waals surface area contributed by atoms with Crippen molar-refractivity contribution in [1.82, 2.24) is 0 Å². The highest BCUT2D eigenvalue weighted by Gasteiger charge is 2.53. The highest BCUT2D eigenvalue weighted by Crippen LogP contribution is 2.65. The average Bonchev–Trinajstić information content (AvgIpc) is 3.69. The monoisotopic (exact) mass is 674 g/mol. The van der Waals surface area contributed by atoms with Crippen LogP contribution in [0.2, 0.25) is 0 Å². The SMILES string of the molecule is C=N/C(=N\C1=C(c2ccccc2)C2(c3cc(-c4ccc(-c5ccc6ccccc6c5)cc4)ccc31)c1ccccc1-c1ccccc12)c1ccccc1. The lowest BCUT2D eigenvalue weighted by atomic mass is 9.67. The standard InChI is InChI=1S/C51H34N2/c1-52-50(38-17-6-3-7-18-38)53-49-44-31-30-41(36-26-24-35(25-27-36)40-29-28-34-14-8-9-19-39(34)32-40)33-47(44)51(48(49)37-15-4-2-5-16-37)45-22-12-10-20-42(45)43-21-11-13-23-46(43)51/h2-33H,1H2/b53-50-. The molecule has 10 rings (SSSR count). The van der Waals surface area contributed by atoms with E-state index >= 15 is 0 Å². The molecule has 0 saturated heterocycles. The minimum absolute atomic E-state index is 0.602. The molecule has 53 heavy (non-hydrogen) atoms. The molecule has 0 unspecified atom stereocenters. The second-order valence-corrected chi connectivity index (χ2v) is 13.8. The number of hydrogen-bond donors (Lipinski definition) is 0. The van der Waals surface area contributed by atoms with Crippen LogP contribution in [0.3, 0.4) is 0 Å². The van der Waals surface area contributed by atoms with Gasteiger partial charge in [0, 0.05) is 16.7 Å². The van der Waals surface area contributed by atoms with Gasteiger partial charge in [0.15, 0.2) is 5.84 Å². The van der Waals surface area contributed by atoms with Crippen molar-refractivity contribution in [2.24, 2.45) is 9.98 Å². The fourth-order valence-electron chi connectivity index (χ4n) is 8.66. The highest BCUT2D eigenvalue weighted by molar-refractivity contribution is 6.14. The van der Waals surface area contributed by atoms with E-state index in [1.165, 1.54) is 55.3 Å². The molecule has 248 valence electrons. The fourth-order valence-corrected chi connectivity index (χ4v) is 8.66. The summed E-state index contributed by atoms with van der Waals surface area (Å²) in [7, 11) is 0. The van der Waals surface area contributed by atoms with Crippen LogP contribution >= 0.6 is 0 Å². The lowest BCUT2D eigenvalue weighted by Crippen LogP contribution is -2.26. The zero-order valence-corrected chi connectivity index (χ0v) is 29.1. The van der Waals surface area contributed by atoms with Crippen molar-refractivity contribution in [3.8, 4) is 33.4 Å². The molecular weight excluding hydrogens is 641 g/mol. The Morgan fingerprint density at radius 1 is 0.396 bits per heavy atom. The summed E-state index contributed by atoms with van der Waals surface area (Å²) in [6, 6.07) is 69.9. The van der Waals surface area contributed by atoms with Gasteiger partial charge in [-0.2, -0.15) is 0 Å². The second kappa shape index (κ2) is 12.4. The number of allylic oxidation sites excluding steroid dienone is 1. The van der Waals surface area contributed by atoms with E-state index in [1.54, 1.807) is 0 Å². The zero-order chi connectivity index (χ0) is 35.4. The van der Waals surface area contributed by atoms with E-state index < -0.39 is 5.41 Å². The van der Waals surface area contributed by atoms with E-state index in [0.29, 0.717) is 5.84 Å². The Morgan fingerprint density at radius 3 is 1.58 bits per heavy atom. The van der Waals surface area contributed by atoms with Gasteiger partial charge in [0.2, 0.25) is 0 Å². The molecule has 1 spiro atoms. The van der Waals surface area contributed by atoms with Crippen LogP contribution in [-0.4, -0.2) is 12.6 Å². The van der Waals surface area contributed by atoms with Crippen LogP contribution in [-0.2, 0) is 5.41 Å². The normalized spacial score (nSPS) is 13.9. The maximum atomic E-state index is 5.46. The van der Waals surface area contributed by atoms with Gasteiger partial charge in [-0.1, -0.05) is 182 Å². The topological polar surface area (TPSA) is 24.7 Å². The van der Waals surface area contributed by atoms with E-state index in [-0.39, 0.29) is 0 Å². The summed E-state index contributed by atoms with van der Waals surface area (Å²) in [6.45, 7) is 3.99. The molecule has 2 heteroatoms. The fraction of sp³-hybridized carbons (Fsp3) is 0.0196. The van der Waals surface area contributed by atoms with Crippen molar-refractivity contribution in [2.75, 3.05) is 0 Å². The molecule has 8 aromatic carbocycles. The molecule has 0 aliphatic heterocycles.